The van der Waals surface area contributed by atoms with E-state index < -0.39 is 72.7 Å². The first-order chi connectivity index (χ1) is 31.7. The third-order valence-electron chi connectivity index (χ3n) is 12.0. The Kier molecular flexibility index (Phi) is 14.8. The van der Waals surface area contributed by atoms with Crippen LogP contribution in [0.4, 0.5) is 5.82 Å². The number of aryl methyl sites for hydroxylation is 1. The average molecular weight is 928 g/mol. The molecule has 4 amide bonds. The maximum Gasteiger partial charge on any atom is 0.326 e. The number of aromatic nitrogens is 2. The highest BCUT2D eigenvalue weighted by atomic mass is 16.5. The summed E-state index contributed by atoms with van der Waals surface area (Å²) in [6, 6.07) is 4.50. The quantitative estimate of drug-likeness (QED) is 0.0787. The van der Waals surface area contributed by atoms with Crippen molar-refractivity contribution in [2.75, 3.05) is 45.6 Å². The Labute approximate surface area is 385 Å². The highest BCUT2D eigenvalue weighted by Gasteiger charge is 2.37. The van der Waals surface area contributed by atoms with Gasteiger partial charge in [0.15, 0.2) is 17.3 Å². The maximum atomic E-state index is 14.4. The number of nitrogens with one attached hydrogen (secondary N) is 3. The first kappa shape index (κ1) is 49.2. The number of benzene rings is 3. The molecular weight excluding hydrogens is 871 g/mol. The summed E-state index contributed by atoms with van der Waals surface area (Å²) in [5.41, 5.74) is 19.3. The van der Waals surface area contributed by atoms with Crippen LogP contribution in [0.25, 0.3) is 22.5 Å². The number of phenols is 3. The molecule has 67 heavy (non-hydrogen) atoms. The molecule has 4 aromatic rings. The number of carboxylic acid groups (broad SMARTS) is 1. The number of ether oxygens (including phenoxy) is 2. The van der Waals surface area contributed by atoms with Crippen LogP contribution in [-0.2, 0) is 37.4 Å². The monoisotopic (exact) mass is 927 g/mol. The smallest absolute Gasteiger partial charge is 0.326 e. The molecule has 4 bridgehead atoms. The molecule has 6 rings (SSSR count). The Morgan fingerprint density at radius 3 is 2.39 bits per heavy atom. The fourth-order valence-corrected chi connectivity index (χ4v) is 8.15. The molecular formula is C46H57N9O12. The van der Waals surface area contributed by atoms with Crippen molar-refractivity contribution in [3.63, 3.8) is 0 Å². The van der Waals surface area contributed by atoms with Gasteiger partial charge >= 0.3 is 5.97 Å². The van der Waals surface area contributed by atoms with Gasteiger partial charge in [-0.05, 0) is 97.7 Å². The summed E-state index contributed by atoms with van der Waals surface area (Å²) in [6.07, 6.45) is 0.370. The van der Waals surface area contributed by atoms with Gasteiger partial charge in [0.1, 0.15) is 65.0 Å². The van der Waals surface area contributed by atoms with Crippen LogP contribution in [-0.4, -0.2) is 128 Å². The second-order valence-corrected chi connectivity index (χ2v) is 17.3. The third-order valence-corrected chi connectivity index (χ3v) is 12.0. The molecule has 21 nitrogen and oxygen atoms in total. The highest BCUT2D eigenvalue weighted by molar-refractivity contribution is 6.02. The van der Waals surface area contributed by atoms with Gasteiger partial charge in [-0.25, -0.2) is 14.8 Å². The number of nitrogens with two attached hydrogens (primary N) is 3. The van der Waals surface area contributed by atoms with Gasteiger partial charge < -0.3 is 73.1 Å². The minimum Gasteiger partial charge on any atom is -0.507 e. The number of nitrogens with zero attached hydrogens (tertiary/aromatic N) is 3. The molecule has 0 radical (unpaired) electrons. The van der Waals surface area contributed by atoms with E-state index in [0.717, 1.165) is 16.9 Å². The second kappa shape index (κ2) is 20.1. The van der Waals surface area contributed by atoms with E-state index in [1.807, 2.05) is 13.8 Å². The minimum absolute atomic E-state index is 0.0204. The number of hydrogen-bond donors (Lipinski definition) is 11. The number of aromatic hydroxyl groups is 3. The molecule has 0 saturated carbocycles. The summed E-state index contributed by atoms with van der Waals surface area (Å²) in [7, 11) is 1.26. The Morgan fingerprint density at radius 2 is 1.72 bits per heavy atom. The van der Waals surface area contributed by atoms with Gasteiger partial charge in [0.25, 0.3) is 5.91 Å². The molecule has 0 unspecified atom stereocenters. The fraction of sp³-hybridized carbons (Fsp3) is 0.413. The standard InChI is InChI=1S/C46H57N9O12/c1-21-35(40(49)54-41(51-21)36-31(57)17-29-26(39(36)60)9-10-46(29,3)4)43(62)50-19-34(58)55(5)37-24-15-28(38(59)33(16-24)67-20-25(56)18-48)27-13-23(7-8-32(27)66-12-6-11-47)14-30(45(64)65)53-42(61)22(2)52-44(37)63/h7-8,13,15-17,22,25,30,37,56-57,59-60H,6,9-12,14,18-20,47-48H2,1-5H3,(H,50,62)(H,52,63)(H,53,61)(H,64,65)(H2,49,51,54)/t22-,25+,30-,37-/m0/s1. The van der Waals surface area contributed by atoms with Gasteiger partial charge in [0.05, 0.1) is 18.8 Å². The third kappa shape index (κ3) is 10.4. The van der Waals surface area contributed by atoms with E-state index in [9.17, 15) is 49.5 Å². The lowest BCUT2D eigenvalue weighted by atomic mass is 9.86. The Balaban J connectivity index is 1.37. The second-order valence-electron chi connectivity index (χ2n) is 17.3. The molecule has 2 aliphatic rings. The molecule has 4 atom stereocenters. The van der Waals surface area contributed by atoms with Crippen molar-refractivity contribution in [1.29, 1.82) is 0 Å². The molecule has 0 saturated heterocycles. The Bertz CT molecular complexity index is 2580. The molecule has 3 aromatic carbocycles. The van der Waals surface area contributed by atoms with Crippen molar-refractivity contribution < 1.29 is 59.0 Å². The number of aliphatic hydroxyl groups excluding tert-OH is 1. The van der Waals surface area contributed by atoms with Gasteiger partial charge in [0, 0.05) is 31.1 Å². The van der Waals surface area contributed by atoms with Gasteiger partial charge in [-0.1, -0.05) is 19.9 Å². The van der Waals surface area contributed by atoms with E-state index in [0.29, 0.717) is 30.5 Å². The lowest BCUT2D eigenvalue weighted by Crippen LogP contribution is -2.53. The number of amides is 4. The summed E-state index contributed by atoms with van der Waals surface area (Å²) in [4.78, 5) is 77.7. The summed E-state index contributed by atoms with van der Waals surface area (Å²) in [6.45, 7) is 5.92. The fourth-order valence-electron chi connectivity index (χ4n) is 8.15. The number of nitrogen functional groups attached to an aromatic ring is 1. The Morgan fingerprint density at radius 1 is 0.985 bits per heavy atom. The minimum atomic E-state index is -1.63. The number of likely N-dealkylation sites (N-methyl/N-ethyl adjacent to an activating group) is 1. The summed E-state index contributed by atoms with van der Waals surface area (Å²) in [5, 5.41) is 61.9. The van der Waals surface area contributed by atoms with E-state index in [4.69, 9.17) is 26.7 Å². The van der Waals surface area contributed by atoms with Crippen LogP contribution in [0.1, 0.15) is 78.0 Å². The van der Waals surface area contributed by atoms with Crippen LogP contribution in [0.3, 0.4) is 0 Å². The Hall–Kier alpha value is -7.23. The molecule has 0 fully saturated rings. The van der Waals surface area contributed by atoms with E-state index in [-0.39, 0.29) is 93.1 Å². The zero-order valence-corrected chi connectivity index (χ0v) is 37.8. The topological polar surface area (TPSA) is 348 Å². The predicted octanol–water partition coefficient (Wildman–Crippen LogP) is 1.03. The lowest BCUT2D eigenvalue weighted by Gasteiger charge is -2.30. The first-order valence-corrected chi connectivity index (χ1v) is 21.6. The summed E-state index contributed by atoms with van der Waals surface area (Å²) >= 11 is 0. The normalized spacial score (nSPS) is 18.1. The number of carboxylic acids is 1. The summed E-state index contributed by atoms with van der Waals surface area (Å²) < 4.78 is 11.9. The molecule has 0 spiro atoms. The van der Waals surface area contributed by atoms with E-state index in [2.05, 4.69) is 25.9 Å². The van der Waals surface area contributed by atoms with Crippen LogP contribution in [0.5, 0.6) is 28.7 Å². The molecule has 21 heteroatoms. The maximum absolute atomic E-state index is 14.4. The molecule has 358 valence electrons. The van der Waals surface area contributed by atoms with E-state index >= 15 is 0 Å². The van der Waals surface area contributed by atoms with Crippen LogP contribution in [0.2, 0.25) is 0 Å². The number of phenolic OH excluding ortho intramolecular Hbond substituents is 3. The van der Waals surface area contributed by atoms with Crippen molar-refractivity contribution in [2.24, 2.45) is 11.5 Å². The largest absolute Gasteiger partial charge is 0.507 e. The van der Waals surface area contributed by atoms with Crippen molar-refractivity contribution in [2.45, 2.75) is 83.0 Å². The van der Waals surface area contributed by atoms with E-state index in [1.165, 1.54) is 33.0 Å². The number of aliphatic carboxylic acids is 1. The first-order valence-electron chi connectivity index (χ1n) is 21.6. The predicted molar refractivity (Wildman–Crippen MR) is 243 cm³/mol. The average Bonchev–Trinajstić information content (AvgIpc) is 3.58. The lowest BCUT2D eigenvalue weighted by molar-refractivity contribution is -0.142. The molecule has 1 aromatic heterocycles. The zero-order chi connectivity index (χ0) is 49.1. The van der Waals surface area contributed by atoms with Crippen molar-refractivity contribution in [1.82, 2.24) is 30.8 Å². The van der Waals surface area contributed by atoms with Gasteiger partial charge in [-0.15, -0.1) is 0 Å². The van der Waals surface area contributed by atoms with Gasteiger partial charge in [-0.3, -0.25) is 19.2 Å². The number of fused-ring (bicyclic) bond motifs is 6. The molecule has 14 N–H and O–H groups in total. The van der Waals surface area contributed by atoms with Crippen molar-refractivity contribution in [3.05, 3.63) is 69.9 Å². The summed E-state index contributed by atoms with van der Waals surface area (Å²) in [5.74, 6) is -6.25. The zero-order valence-electron chi connectivity index (χ0n) is 37.8. The van der Waals surface area contributed by atoms with Crippen LogP contribution < -0.4 is 42.6 Å². The number of rotatable bonds is 14. The SMILES string of the molecule is Cc1nc(-c2c(O)cc3c(c2O)CCC3(C)C)nc(N)c1C(=O)NCC(=O)N(C)[C@@H]1C(=O)N[C@@H](C)C(=O)N[C@H](C(=O)O)Cc2ccc(OCCCN)c(c2)-c2cc1cc(OC[C@H](O)CN)c2O. The highest BCUT2D eigenvalue weighted by Crippen LogP contribution is 2.49. The van der Waals surface area contributed by atoms with Crippen LogP contribution in [0, 0.1) is 6.92 Å². The number of anilines is 1. The molecule has 1 aliphatic carbocycles. The number of hydrogen-bond acceptors (Lipinski definition) is 16. The van der Waals surface area contributed by atoms with Gasteiger partial charge in [-0.2, -0.15) is 0 Å². The van der Waals surface area contributed by atoms with Crippen LogP contribution in [0.15, 0.2) is 36.4 Å². The molecule has 2 heterocycles. The van der Waals surface area contributed by atoms with Crippen LogP contribution >= 0.6 is 0 Å². The molecule has 1 aliphatic heterocycles. The number of aliphatic hydroxyl groups is 1. The van der Waals surface area contributed by atoms with Crippen molar-refractivity contribution >= 4 is 35.4 Å². The number of carbonyl (C=O) groups is 5. The van der Waals surface area contributed by atoms with Crippen molar-refractivity contribution in [3.8, 4) is 51.3 Å². The van der Waals surface area contributed by atoms with Gasteiger partial charge in [0.2, 0.25) is 17.7 Å². The number of carbonyl (C=O) groups excluding carboxylic acids is 4. The van der Waals surface area contributed by atoms with E-state index in [1.54, 1.807) is 24.3 Å².